The fraction of sp³-hybridized carbons (Fsp3) is 0.571. The second-order valence-electron chi connectivity index (χ2n) is 8.10. The molecule has 0 atom stereocenters. The van der Waals surface area contributed by atoms with Crippen LogP contribution in [-0.2, 0) is 20.7 Å². The fourth-order valence-electron chi connectivity index (χ4n) is 3.05. The first-order valence-corrected chi connectivity index (χ1v) is 10.3. The Morgan fingerprint density at radius 2 is 1.59 bits per heavy atom. The number of hydrogen-bond donors (Lipinski definition) is 1. The van der Waals surface area contributed by atoms with Gasteiger partial charge in [0.1, 0.15) is 12.1 Å². The van der Waals surface area contributed by atoms with E-state index in [9.17, 15) is 14.4 Å². The van der Waals surface area contributed by atoms with Crippen molar-refractivity contribution >= 4 is 29.5 Å². The molecule has 1 aromatic carbocycles. The highest BCUT2D eigenvalue weighted by Crippen LogP contribution is 2.13. The standard InChI is InChI=1S/C21H30ClN3O4/c1-21(2,3)29-20(28)23-15-19(27)25-12-4-11-24(13-14-25)18(26)10-7-16-5-8-17(22)9-6-16/h5-6,8-9H,4,7,10-15H2,1-3H3,(H,23,28). The van der Waals surface area contributed by atoms with Crippen LogP contribution >= 0.6 is 11.6 Å². The minimum absolute atomic E-state index is 0.0844. The molecule has 160 valence electrons. The predicted octanol–water partition coefficient (Wildman–Crippen LogP) is 2.86. The maximum absolute atomic E-state index is 12.5. The normalized spacial score (nSPS) is 14.9. The lowest BCUT2D eigenvalue weighted by molar-refractivity contribution is -0.133. The highest BCUT2D eigenvalue weighted by atomic mass is 35.5. The zero-order valence-corrected chi connectivity index (χ0v) is 18.1. The first-order valence-electron chi connectivity index (χ1n) is 9.91. The van der Waals surface area contributed by atoms with Gasteiger partial charge in [-0.1, -0.05) is 23.7 Å². The topological polar surface area (TPSA) is 79.0 Å². The molecule has 1 saturated heterocycles. The minimum Gasteiger partial charge on any atom is -0.444 e. The summed E-state index contributed by atoms with van der Waals surface area (Å²) in [5.41, 5.74) is 0.463. The number of rotatable bonds is 5. The third-order valence-electron chi connectivity index (χ3n) is 4.52. The van der Waals surface area contributed by atoms with Crippen LogP contribution in [0.5, 0.6) is 0 Å². The second-order valence-corrected chi connectivity index (χ2v) is 8.53. The van der Waals surface area contributed by atoms with E-state index in [1.165, 1.54) is 0 Å². The largest absolute Gasteiger partial charge is 0.444 e. The van der Waals surface area contributed by atoms with Gasteiger partial charge in [-0.25, -0.2) is 4.79 Å². The Balaban J connectivity index is 1.75. The average molecular weight is 424 g/mol. The summed E-state index contributed by atoms with van der Waals surface area (Å²) in [5, 5.41) is 3.17. The quantitative estimate of drug-likeness (QED) is 0.789. The van der Waals surface area contributed by atoms with Crippen molar-refractivity contribution in [2.45, 2.75) is 45.6 Å². The van der Waals surface area contributed by atoms with E-state index in [0.29, 0.717) is 50.5 Å². The lowest BCUT2D eigenvalue weighted by Gasteiger charge is -2.23. The van der Waals surface area contributed by atoms with Crippen molar-refractivity contribution in [2.75, 3.05) is 32.7 Å². The molecule has 0 radical (unpaired) electrons. The summed E-state index contributed by atoms with van der Waals surface area (Å²) in [6.45, 7) is 7.34. The molecule has 0 unspecified atom stereocenters. The lowest BCUT2D eigenvalue weighted by atomic mass is 10.1. The van der Waals surface area contributed by atoms with Crippen molar-refractivity contribution in [1.82, 2.24) is 15.1 Å². The maximum Gasteiger partial charge on any atom is 0.408 e. The number of amides is 3. The number of aryl methyl sites for hydroxylation is 1. The molecule has 0 bridgehead atoms. The number of benzene rings is 1. The Morgan fingerprint density at radius 3 is 2.17 bits per heavy atom. The Labute approximate surface area is 177 Å². The van der Waals surface area contributed by atoms with Gasteiger partial charge in [-0.2, -0.15) is 0 Å². The molecule has 1 heterocycles. The van der Waals surface area contributed by atoms with E-state index in [-0.39, 0.29) is 18.4 Å². The van der Waals surface area contributed by atoms with Crippen molar-refractivity contribution in [3.63, 3.8) is 0 Å². The van der Waals surface area contributed by atoms with Gasteiger partial charge in [0.05, 0.1) is 0 Å². The smallest absolute Gasteiger partial charge is 0.408 e. The molecule has 1 aliphatic heterocycles. The van der Waals surface area contributed by atoms with Crippen molar-refractivity contribution in [3.8, 4) is 0 Å². The maximum atomic E-state index is 12.5. The molecule has 0 saturated carbocycles. The van der Waals surface area contributed by atoms with E-state index in [0.717, 1.165) is 5.56 Å². The molecule has 8 heteroatoms. The summed E-state index contributed by atoms with van der Waals surface area (Å²) in [5.74, 6) is -0.0903. The number of alkyl carbamates (subject to hydrolysis) is 1. The molecular weight excluding hydrogens is 394 g/mol. The van der Waals surface area contributed by atoms with Crippen LogP contribution in [0.1, 0.15) is 39.2 Å². The summed E-state index contributed by atoms with van der Waals surface area (Å²) >= 11 is 5.88. The molecule has 1 N–H and O–H groups in total. The van der Waals surface area contributed by atoms with E-state index in [1.54, 1.807) is 25.7 Å². The van der Waals surface area contributed by atoms with Crippen LogP contribution in [0.3, 0.4) is 0 Å². The molecule has 3 amide bonds. The highest BCUT2D eigenvalue weighted by Gasteiger charge is 2.23. The SMILES string of the molecule is CC(C)(C)OC(=O)NCC(=O)N1CCCN(C(=O)CCc2ccc(Cl)cc2)CC1. The van der Waals surface area contributed by atoms with E-state index in [4.69, 9.17) is 16.3 Å². The van der Waals surface area contributed by atoms with Gasteiger partial charge in [0.2, 0.25) is 11.8 Å². The number of carbonyl (C=O) groups is 3. The lowest BCUT2D eigenvalue weighted by Crippen LogP contribution is -2.43. The first kappa shape index (κ1) is 23.0. The average Bonchev–Trinajstić information content (AvgIpc) is 2.90. The van der Waals surface area contributed by atoms with E-state index >= 15 is 0 Å². The molecular formula is C21H30ClN3O4. The second kappa shape index (κ2) is 10.5. The van der Waals surface area contributed by atoms with Crippen LogP contribution < -0.4 is 5.32 Å². The molecule has 7 nitrogen and oxygen atoms in total. The van der Waals surface area contributed by atoms with Gasteiger partial charge in [-0.3, -0.25) is 9.59 Å². The Hall–Kier alpha value is -2.28. The molecule has 2 rings (SSSR count). The third kappa shape index (κ3) is 8.31. The molecule has 0 aromatic heterocycles. The number of carbonyl (C=O) groups excluding carboxylic acids is 3. The highest BCUT2D eigenvalue weighted by molar-refractivity contribution is 6.30. The number of nitrogens with zero attached hydrogens (tertiary/aromatic N) is 2. The van der Waals surface area contributed by atoms with Crippen molar-refractivity contribution in [2.24, 2.45) is 0 Å². The van der Waals surface area contributed by atoms with Crippen LogP contribution in [0, 0.1) is 0 Å². The summed E-state index contributed by atoms with van der Waals surface area (Å²) < 4.78 is 5.14. The number of nitrogens with one attached hydrogen (secondary N) is 1. The van der Waals surface area contributed by atoms with Crippen molar-refractivity contribution in [3.05, 3.63) is 34.9 Å². The van der Waals surface area contributed by atoms with Gasteiger partial charge in [-0.15, -0.1) is 0 Å². The zero-order chi connectivity index (χ0) is 21.4. The molecule has 0 spiro atoms. The van der Waals surface area contributed by atoms with Crippen LogP contribution in [0.15, 0.2) is 24.3 Å². The summed E-state index contributed by atoms with van der Waals surface area (Å²) in [4.78, 5) is 40.1. The van der Waals surface area contributed by atoms with E-state index in [1.807, 2.05) is 29.2 Å². The number of hydrogen-bond acceptors (Lipinski definition) is 4. The van der Waals surface area contributed by atoms with Gasteiger partial charge in [-0.05, 0) is 51.3 Å². The molecule has 1 aliphatic rings. The molecule has 0 aliphatic carbocycles. The monoisotopic (exact) mass is 423 g/mol. The van der Waals surface area contributed by atoms with E-state index in [2.05, 4.69) is 5.32 Å². The third-order valence-corrected chi connectivity index (χ3v) is 4.78. The predicted molar refractivity (Wildman–Crippen MR) is 112 cm³/mol. The summed E-state index contributed by atoms with van der Waals surface area (Å²) in [7, 11) is 0. The number of halogens is 1. The summed E-state index contributed by atoms with van der Waals surface area (Å²) in [6.07, 6.45) is 1.19. The molecule has 1 aromatic rings. The zero-order valence-electron chi connectivity index (χ0n) is 17.4. The van der Waals surface area contributed by atoms with Crippen LogP contribution in [0.4, 0.5) is 4.79 Å². The Bertz CT molecular complexity index is 716. The minimum atomic E-state index is -0.611. The van der Waals surface area contributed by atoms with Gasteiger partial charge in [0, 0.05) is 37.6 Å². The van der Waals surface area contributed by atoms with Crippen LogP contribution in [0.2, 0.25) is 5.02 Å². The van der Waals surface area contributed by atoms with Gasteiger partial charge >= 0.3 is 6.09 Å². The number of ether oxygens (including phenoxy) is 1. The van der Waals surface area contributed by atoms with Gasteiger partial charge in [0.15, 0.2) is 0 Å². The van der Waals surface area contributed by atoms with Crippen molar-refractivity contribution in [1.29, 1.82) is 0 Å². The van der Waals surface area contributed by atoms with Gasteiger partial charge in [0.25, 0.3) is 0 Å². The Kier molecular flexibility index (Phi) is 8.32. The molecule has 1 fully saturated rings. The summed E-state index contributed by atoms with van der Waals surface area (Å²) in [6, 6.07) is 7.50. The van der Waals surface area contributed by atoms with Crippen LogP contribution in [-0.4, -0.2) is 66.0 Å². The van der Waals surface area contributed by atoms with Crippen LogP contribution in [0.25, 0.3) is 0 Å². The first-order chi connectivity index (χ1) is 13.6. The Morgan fingerprint density at radius 1 is 1.00 bits per heavy atom. The van der Waals surface area contributed by atoms with Crippen molar-refractivity contribution < 1.29 is 19.1 Å². The molecule has 29 heavy (non-hydrogen) atoms. The fourth-order valence-corrected chi connectivity index (χ4v) is 3.18. The van der Waals surface area contributed by atoms with E-state index < -0.39 is 11.7 Å². The van der Waals surface area contributed by atoms with Gasteiger partial charge < -0.3 is 19.9 Å².